The third kappa shape index (κ3) is 3.35. The van der Waals surface area contributed by atoms with Gasteiger partial charge < -0.3 is 9.73 Å². The molecule has 0 aliphatic heterocycles. The maximum Gasteiger partial charge on any atom is 0.257 e. The Labute approximate surface area is 154 Å². The van der Waals surface area contributed by atoms with Gasteiger partial charge in [-0.1, -0.05) is 24.3 Å². The summed E-state index contributed by atoms with van der Waals surface area (Å²) in [6.45, 7) is 0. The molecule has 7 heteroatoms. The molecule has 0 saturated heterocycles. The van der Waals surface area contributed by atoms with Crippen LogP contribution in [0, 0.1) is 5.82 Å². The predicted molar refractivity (Wildman–Crippen MR) is 98.5 cm³/mol. The van der Waals surface area contributed by atoms with Gasteiger partial charge in [0.05, 0.1) is 17.3 Å². The number of hydrogen-bond donors (Lipinski definition) is 1. The van der Waals surface area contributed by atoms with Crippen molar-refractivity contribution < 1.29 is 13.6 Å². The molecule has 2 heterocycles. The maximum atomic E-state index is 14.0. The second-order valence-electron chi connectivity index (χ2n) is 5.88. The van der Waals surface area contributed by atoms with Crippen molar-refractivity contribution in [2.24, 2.45) is 7.05 Å². The van der Waals surface area contributed by atoms with E-state index in [-0.39, 0.29) is 11.8 Å². The molecule has 2 aromatic carbocycles. The van der Waals surface area contributed by atoms with Crippen molar-refractivity contribution >= 4 is 11.7 Å². The summed E-state index contributed by atoms with van der Waals surface area (Å²) in [5.74, 6) is 0.233. The van der Waals surface area contributed by atoms with Gasteiger partial charge in [-0.3, -0.25) is 9.48 Å². The van der Waals surface area contributed by atoms with E-state index < -0.39 is 5.82 Å². The number of rotatable bonds is 4. The number of amides is 1. The Hall–Kier alpha value is -3.74. The zero-order valence-electron chi connectivity index (χ0n) is 14.4. The van der Waals surface area contributed by atoms with Gasteiger partial charge in [0.25, 0.3) is 5.91 Å². The molecule has 4 rings (SSSR count). The molecule has 1 N–H and O–H groups in total. The number of benzene rings is 2. The number of aromatic nitrogens is 3. The molecule has 134 valence electrons. The Morgan fingerprint density at radius 1 is 1.07 bits per heavy atom. The van der Waals surface area contributed by atoms with E-state index in [1.165, 1.54) is 12.3 Å². The van der Waals surface area contributed by atoms with Gasteiger partial charge in [-0.05, 0) is 24.3 Å². The van der Waals surface area contributed by atoms with Crippen LogP contribution in [0.4, 0.5) is 10.2 Å². The van der Waals surface area contributed by atoms with Crippen molar-refractivity contribution in [1.29, 1.82) is 0 Å². The van der Waals surface area contributed by atoms with Crippen molar-refractivity contribution in [1.82, 2.24) is 14.8 Å². The molecule has 4 aromatic rings. The molecule has 0 aliphatic rings. The highest BCUT2D eigenvalue weighted by Gasteiger charge is 2.18. The quantitative estimate of drug-likeness (QED) is 0.592. The van der Waals surface area contributed by atoms with Crippen LogP contribution < -0.4 is 5.32 Å². The highest BCUT2D eigenvalue weighted by Crippen LogP contribution is 2.29. The van der Waals surface area contributed by atoms with Gasteiger partial charge in [-0.15, -0.1) is 0 Å². The van der Waals surface area contributed by atoms with E-state index in [9.17, 15) is 9.18 Å². The smallest absolute Gasteiger partial charge is 0.257 e. The first kappa shape index (κ1) is 16.7. The van der Waals surface area contributed by atoms with Gasteiger partial charge in [-0.2, -0.15) is 5.10 Å². The van der Waals surface area contributed by atoms with Crippen LogP contribution in [0.3, 0.4) is 0 Å². The molecule has 0 spiro atoms. The fraction of sp³-hybridized carbons (Fsp3) is 0.0500. The molecule has 0 aliphatic carbocycles. The third-order valence-electron chi connectivity index (χ3n) is 4.00. The first-order chi connectivity index (χ1) is 13.1. The van der Waals surface area contributed by atoms with Gasteiger partial charge in [-0.25, -0.2) is 9.37 Å². The zero-order chi connectivity index (χ0) is 18.8. The highest BCUT2D eigenvalue weighted by molar-refractivity contribution is 6.07. The number of nitrogens with one attached hydrogen (secondary N) is 1. The summed E-state index contributed by atoms with van der Waals surface area (Å²) in [7, 11) is 1.76. The van der Waals surface area contributed by atoms with Crippen LogP contribution in [0.15, 0.2) is 71.4 Å². The third-order valence-corrected chi connectivity index (χ3v) is 4.00. The molecular formula is C20H15FN4O2. The van der Waals surface area contributed by atoms with Gasteiger partial charge in [0.15, 0.2) is 11.6 Å². The van der Waals surface area contributed by atoms with Gasteiger partial charge in [0, 0.05) is 24.9 Å². The average Bonchev–Trinajstić information content (AvgIpc) is 3.31. The summed E-state index contributed by atoms with van der Waals surface area (Å²) in [4.78, 5) is 16.9. The fourth-order valence-corrected chi connectivity index (χ4v) is 2.72. The number of oxazole rings is 1. The lowest BCUT2D eigenvalue weighted by atomic mass is 10.1. The Kier molecular flexibility index (Phi) is 4.25. The van der Waals surface area contributed by atoms with Crippen LogP contribution in [-0.2, 0) is 7.05 Å². The summed E-state index contributed by atoms with van der Waals surface area (Å²) >= 11 is 0. The Bertz CT molecular complexity index is 1120. The molecule has 1 amide bonds. The van der Waals surface area contributed by atoms with Crippen molar-refractivity contribution in [2.45, 2.75) is 0 Å². The number of aryl methyl sites for hydroxylation is 1. The predicted octanol–water partition coefficient (Wildman–Crippen LogP) is 4.13. The fourth-order valence-electron chi connectivity index (χ4n) is 2.72. The first-order valence-electron chi connectivity index (χ1n) is 8.23. The highest BCUT2D eigenvalue weighted by atomic mass is 19.1. The zero-order valence-corrected chi connectivity index (χ0v) is 14.4. The van der Waals surface area contributed by atoms with Crippen molar-refractivity contribution in [3.8, 4) is 22.8 Å². The van der Waals surface area contributed by atoms with Crippen molar-refractivity contribution in [2.75, 3.05) is 5.32 Å². The molecule has 0 saturated carbocycles. The first-order valence-corrected chi connectivity index (χ1v) is 8.23. The van der Waals surface area contributed by atoms with E-state index in [0.717, 1.165) is 0 Å². The van der Waals surface area contributed by atoms with E-state index in [4.69, 9.17) is 4.42 Å². The molecule has 0 fully saturated rings. The van der Waals surface area contributed by atoms with Crippen LogP contribution >= 0.6 is 0 Å². The number of carbonyl (C=O) groups is 1. The maximum absolute atomic E-state index is 14.0. The van der Waals surface area contributed by atoms with Crippen LogP contribution in [0.1, 0.15) is 10.4 Å². The molecule has 2 aromatic heterocycles. The van der Waals surface area contributed by atoms with Crippen molar-refractivity contribution in [3.63, 3.8) is 0 Å². The number of nitrogens with zero attached hydrogens (tertiary/aromatic N) is 3. The standard InChI is InChI=1S/C20H15FN4O2/c1-25-11-10-18(24-25)23-19(26)13-6-2-3-7-14(13)20-22-12-17(27-20)15-8-4-5-9-16(15)21/h2-12H,1H3,(H,23,24,26). The van der Waals surface area contributed by atoms with E-state index in [1.807, 2.05) is 0 Å². The van der Waals surface area contributed by atoms with Crippen LogP contribution in [-0.4, -0.2) is 20.7 Å². The minimum absolute atomic E-state index is 0.236. The lowest BCUT2D eigenvalue weighted by Gasteiger charge is -2.06. The molecule has 0 radical (unpaired) electrons. The summed E-state index contributed by atoms with van der Waals surface area (Å²) < 4.78 is 21.3. The summed E-state index contributed by atoms with van der Waals surface area (Å²) in [5.41, 5.74) is 1.20. The van der Waals surface area contributed by atoms with E-state index in [0.29, 0.717) is 28.3 Å². The molecule has 0 bridgehead atoms. The van der Waals surface area contributed by atoms with E-state index in [1.54, 1.807) is 66.5 Å². The summed E-state index contributed by atoms with van der Waals surface area (Å²) in [6.07, 6.45) is 3.18. The molecule has 0 atom stereocenters. The molecule has 6 nitrogen and oxygen atoms in total. The number of anilines is 1. The second kappa shape index (κ2) is 6.87. The lowest BCUT2D eigenvalue weighted by Crippen LogP contribution is -2.13. The number of halogens is 1. The number of hydrogen-bond acceptors (Lipinski definition) is 4. The molecular weight excluding hydrogens is 347 g/mol. The topological polar surface area (TPSA) is 73.0 Å². The Morgan fingerprint density at radius 3 is 2.56 bits per heavy atom. The van der Waals surface area contributed by atoms with Gasteiger partial charge in [0.2, 0.25) is 5.89 Å². The summed E-state index contributed by atoms with van der Waals surface area (Å²) in [6, 6.07) is 14.9. The van der Waals surface area contributed by atoms with E-state index in [2.05, 4.69) is 15.4 Å². The van der Waals surface area contributed by atoms with Crippen LogP contribution in [0.5, 0.6) is 0 Å². The minimum atomic E-state index is -0.401. The van der Waals surface area contributed by atoms with Crippen LogP contribution in [0.2, 0.25) is 0 Å². The summed E-state index contributed by atoms with van der Waals surface area (Å²) in [5, 5.41) is 6.87. The average molecular weight is 362 g/mol. The molecule has 0 unspecified atom stereocenters. The van der Waals surface area contributed by atoms with E-state index >= 15 is 0 Å². The Balaban J connectivity index is 1.67. The monoisotopic (exact) mass is 362 g/mol. The van der Waals surface area contributed by atoms with Crippen molar-refractivity contribution in [3.05, 3.63) is 78.4 Å². The second-order valence-corrected chi connectivity index (χ2v) is 5.88. The minimum Gasteiger partial charge on any atom is -0.436 e. The SMILES string of the molecule is Cn1ccc(NC(=O)c2ccccc2-c2ncc(-c3ccccc3F)o2)n1. The largest absolute Gasteiger partial charge is 0.436 e. The Morgan fingerprint density at radius 2 is 1.81 bits per heavy atom. The normalized spacial score (nSPS) is 10.7. The van der Waals surface area contributed by atoms with Gasteiger partial charge in [0.1, 0.15) is 5.82 Å². The lowest BCUT2D eigenvalue weighted by molar-refractivity contribution is 0.102. The van der Waals surface area contributed by atoms with Crippen LogP contribution in [0.25, 0.3) is 22.8 Å². The van der Waals surface area contributed by atoms with Gasteiger partial charge >= 0.3 is 0 Å². The number of carbonyl (C=O) groups excluding carboxylic acids is 1. The molecule has 27 heavy (non-hydrogen) atoms.